The molecule has 0 N–H and O–H groups in total. The van der Waals surface area contributed by atoms with Crippen LogP contribution < -0.4 is 0 Å². The first-order valence-electron chi connectivity index (χ1n) is 6.23. The van der Waals surface area contributed by atoms with Gasteiger partial charge in [0, 0.05) is 6.07 Å². The summed E-state index contributed by atoms with van der Waals surface area (Å²) in [6.45, 7) is 3.87. The Bertz CT molecular complexity index is 350. The molecule has 4 rings (SSSR count). The lowest BCUT2D eigenvalue weighted by molar-refractivity contribution is 0.217. The summed E-state index contributed by atoms with van der Waals surface area (Å²) < 4.78 is 5.09. The first-order valence-corrected chi connectivity index (χ1v) is 6.23. The van der Waals surface area contributed by atoms with Crippen LogP contribution >= 0.6 is 0 Å². The minimum absolute atomic E-state index is 0.734. The summed E-state index contributed by atoms with van der Waals surface area (Å²) >= 11 is 0. The van der Waals surface area contributed by atoms with Gasteiger partial charge in [0.05, 0.1) is 6.20 Å². The van der Waals surface area contributed by atoms with E-state index in [0.717, 1.165) is 17.6 Å². The van der Waals surface area contributed by atoms with Crippen molar-refractivity contribution in [3.8, 4) is 0 Å². The van der Waals surface area contributed by atoms with Gasteiger partial charge in [-0.3, -0.25) is 0 Å². The quantitative estimate of drug-likeness (QED) is 0.763. The maximum Gasteiger partial charge on any atom is 0.159 e. The fraction of sp³-hybridized carbons (Fsp3) is 0.615. The number of allylic oxidation sites excluding steroid dienone is 1. The zero-order valence-corrected chi connectivity index (χ0v) is 9.51. The van der Waals surface area contributed by atoms with Gasteiger partial charge in [-0.15, -0.1) is 0 Å². The molecule has 86 valence electrons. The van der Waals surface area contributed by atoms with Crippen molar-refractivity contribution in [3.05, 3.63) is 24.1 Å². The second-order valence-electron chi connectivity index (χ2n) is 4.91. The lowest BCUT2D eigenvalue weighted by atomic mass is 9.84. The van der Waals surface area contributed by atoms with Crippen LogP contribution in [0.4, 0.5) is 0 Å². The largest absolute Gasteiger partial charge is 0.357 e. The van der Waals surface area contributed by atoms with Gasteiger partial charge in [-0.1, -0.05) is 11.2 Å². The Morgan fingerprint density at radius 2 is 2.06 bits per heavy atom. The lowest BCUT2D eigenvalue weighted by Gasteiger charge is -2.27. The van der Waals surface area contributed by atoms with E-state index in [1.807, 2.05) is 6.07 Å². The van der Waals surface area contributed by atoms with Crippen molar-refractivity contribution >= 4 is 6.08 Å². The molecule has 1 aromatic rings. The van der Waals surface area contributed by atoms with Gasteiger partial charge < -0.3 is 9.42 Å². The molecule has 0 saturated carbocycles. The standard InChI is InChI=1S/C13H18N2O/c1(2-13-3-7-14-16-13)11-4-8-15-9-5-12(11)6-10-15/h1-3,7,11-12H,4-6,8-10H2. The van der Waals surface area contributed by atoms with Crippen LogP contribution in [0.5, 0.6) is 0 Å². The predicted molar refractivity (Wildman–Crippen MR) is 62.8 cm³/mol. The molecule has 3 heteroatoms. The van der Waals surface area contributed by atoms with Crippen LogP contribution in [-0.2, 0) is 0 Å². The van der Waals surface area contributed by atoms with E-state index in [0.29, 0.717) is 0 Å². The third-order valence-electron chi connectivity index (χ3n) is 3.98. The van der Waals surface area contributed by atoms with Crippen LogP contribution in [0.25, 0.3) is 6.08 Å². The van der Waals surface area contributed by atoms with Crippen molar-refractivity contribution in [1.29, 1.82) is 0 Å². The summed E-state index contributed by atoms with van der Waals surface area (Å²) in [5, 5.41) is 3.72. The van der Waals surface area contributed by atoms with Crippen molar-refractivity contribution in [2.75, 3.05) is 19.6 Å². The molecule has 1 atom stereocenters. The number of nitrogens with zero attached hydrogens (tertiary/aromatic N) is 2. The highest BCUT2D eigenvalue weighted by Crippen LogP contribution is 2.32. The summed E-state index contributed by atoms with van der Waals surface area (Å²) in [5.74, 6) is 2.50. The van der Waals surface area contributed by atoms with E-state index in [9.17, 15) is 0 Å². The molecule has 0 aliphatic carbocycles. The molecular weight excluding hydrogens is 200 g/mol. The summed E-state index contributed by atoms with van der Waals surface area (Å²) in [6.07, 6.45) is 10.2. The third kappa shape index (κ3) is 2.05. The second-order valence-corrected chi connectivity index (χ2v) is 4.91. The van der Waals surface area contributed by atoms with E-state index >= 15 is 0 Å². The molecule has 3 saturated heterocycles. The fourth-order valence-electron chi connectivity index (χ4n) is 2.96. The number of aromatic nitrogens is 1. The maximum atomic E-state index is 5.09. The number of piperidine rings is 1. The zero-order chi connectivity index (χ0) is 10.8. The molecular formula is C13H18N2O. The Kier molecular flexibility index (Phi) is 2.79. The average molecular weight is 218 g/mol. The molecule has 2 bridgehead atoms. The Balaban J connectivity index is 1.70. The van der Waals surface area contributed by atoms with Gasteiger partial charge in [0.2, 0.25) is 0 Å². The monoisotopic (exact) mass is 218 g/mol. The molecule has 16 heavy (non-hydrogen) atoms. The van der Waals surface area contributed by atoms with E-state index < -0.39 is 0 Å². The highest BCUT2D eigenvalue weighted by Gasteiger charge is 2.29. The van der Waals surface area contributed by atoms with Crippen LogP contribution in [0, 0.1) is 11.8 Å². The Labute approximate surface area is 96.1 Å². The molecule has 0 aromatic carbocycles. The molecule has 3 fully saturated rings. The maximum absolute atomic E-state index is 5.09. The first kappa shape index (κ1) is 10.1. The predicted octanol–water partition coefficient (Wildman–Crippen LogP) is 2.42. The molecule has 4 heterocycles. The fourth-order valence-corrected chi connectivity index (χ4v) is 2.96. The second kappa shape index (κ2) is 4.42. The normalized spacial score (nSPS) is 34.4. The SMILES string of the molecule is C(=CC1CCN2CCC1CC2)c1ccno1. The van der Waals surface area contributed by atoms with Crippen LogP contribution in [0.15, 0.2) is 22.9 Å². The Hall–Kier alpha value is -1.09. The van der Waals surface area contributed by atoms with Gasteiger partial charge in [0.15, 0.2) is 5.76 Å². The molecule has 3 aliphatic rings. The molecule has 3 aliphatic heterocycles. The van der Waals surface area contributed by atoms with Gasteiger partial charge in [-0.25, -0.2) is 0 Å². The van der Waals surface area contributed by atoms with Crippen LogP contribution in [0.2, 0.25) is 0 Å². The highest BCUT2D eigenvalue weighted by atomic mass is 16.5. The number of rotatable bonds is 2. The molecule has 1 aromatic heterocycles. The molecule has 0 radical (unpaired) electrons. The minimum atomic E-state index is 0.734. The number of hydrogen-bond donors (Lipinski definition) is 0. The minimum Gasteiger partial charge on any atom is -0.357 e. The van der Waals surface area contributed by atoms with Crippen molar-refractivity contribution in [2.24, 2.45) is 11.8 Å². The molecule has 3 nitrogen and oxygen atoms in total. The first-order chi connectivity index (χ1) is 7.92. The highest BCUT2D eigenvalue weighted by molar-refractivity contribution is 5.41. The van der Waals surface area contributed by atoms with E-state index in [-0.39, 0.29) is 0 Å². The number of fused-ring (bicyclic) bond motifs is 4. The van der Waals surface area contributed by atoms with E-state index in [1.54, 1.807) is 6.20 Å². The van der Waals surface area contributed by atoms with Crippen LogP contribution in [0.3, 0.4) is 0 Å². The van der Waals surface area contributed by atoms with Gasteiger partial charge in [-0.05, 0) is 56.8 Å². The van der Waals surface area contributed by atoms with Crippen LogP contribution in [-0.4, -0.2) is 29.7 Å². The Morgan fingerprint density at radius 1 is 1.25 bits per heavy atom. The summed E-state index contributed by atoms with van der Waals surface area (Å²) in [5.41, 5.74) is 0. The van der Waals surface area contributed by atoms with Crippen molar-refractivity contribution in [2.45, 2.75) is 19.3 Å². The molecule has 1 unspecified atom stereocenters. The molecule has 0 amide bonds. The lowest BCUT2D eigenvalue weighted by Crippen LogP contribution is -2.30. The Morgan fingerprint density at radius 3 is 2.81 bits per heavy atom. The van der Waals surface area contributed by atoms with Gasteiger partial charge in [-0.2, -0.15) is 0 Å². The van der Waals surface area contributed by atoms with Gasteiger partial charge in [0.1, 0.15) is 0 Å². The third-order valence-corrected chi connectivity index (χ3v) is 3.98. The zero-order valence-electron chi connectivity index (χ0n) is 9.51. The topological polar surface area (TPSA) is 29.3 Å². The van der Waals surface area contributed by atoms with Gasteiger partial charge >= 0.3 is 0 Å². The average Bonchev–Trinajstić information content (AvgIpc) is 2.69. The number of hydrogen-bond acceptors (Lipinski definition) is 3. The van der Waals surface area contributed by atoms with E-state index in [4.69, 9.17) is 4.52 Å². The van der Waals surface area contributed by atoms with Crippen molar-refractivity contribution < 1.29 is 4.52 Å². The smallest absolute Gasteiger partial charge is 0.159 e. The summed E-state index contributed by atoms with van der Waals surface area (Å²) in [6, 6.07) is 1.91. The van der Waals surface area contributed by atoms with E-state index in [1.165, 1.54) is 38.9 Å². The van der Waals surface area contributed by atoms with Crippen molar-refractivity contribution in [3.63, 3.8) is 0 Å². The summed E-state index contributed by atoms with van der Waals surface area (Å²) in [4.78, 5) is 2.60. The van der Waals surface area contributed by atoms with E-state index in [2.05, 4.69) is 22.2 Å². The van der Waals surface area contributed by atoms with Crippen LogP contribution in [0.1, 0.15) is 25.0 Å². The molecule has 0 spiro atoms. The van der Waals surface area contributed by atoms with Gasteiger partial charge in [0.25, 0.3) is 0 Å². The van der Waals surface area contributed by atoms with Crippen molar-refractivity contribution in [1.82, 2.24) is 10.1 Å². The summed E-state index contributed by atoms with van der Waals surface area (Å²) in [7, 11) is 0.